The van der Waals surface area contributed by atoms with Crippen molar-refractivity contribution in [3.8, 4) is 0 Å². The number of fused-ring (bicyclic) bond motifs is 1. The van der Waals surface area contributed by atoms with Crippen LogP contribution in [-0.4, -0.2) is 20.5 Å². The lowest BCUT2D eigenvalue weighted by molar-refractivity contribution is 0.102. The quantitative estimate of drug-likeness (QED) is 0.802. The van der Waals surface area contributed by atoms with Crippen LogP contribution >= 0.6 is 22.9 Å². The maximum absolute atomic E-state index is 12.2. The number of aromatic nitrogens is 3. The van der Waals surface area contributed by atoms with E-state index in [0.29, 0.717) is 10.0 Å². The van der Waals surface area contributed by atoms with E-state index in [1.54, 1.807) is 0 Å². The van der Waals surface area contributed by atoms with Gasteiger partial charge in [-0.2, -0.15) is 0 Å². The van der Waals surface area contributed by atoms with Crippen molar-refractivity contribution in [2.24, 2.45) is 0 Å². The van der Waals surface area contributed by atoms with E-state index in [1.807, 2.05) is 24.3 Å². The Balaban J connectivity index is 1.83. The topological polar surface area (TPSA) is 67.8 Å². The number of hydrogen-bond donors (Lipinski definition) is 1. The fraction of sp³-hybridized carbons (Fsp3) is 0.231. The van der Waals surface area contributed by atoms with Crippen LogP contribution in [0.25, 0.3) is 10.2 Å². The molecular formula is C13H12N4OS2. The lowest BCUT2D eigenvalue weighted by atomic mass is 10.2. The number of carbonyl (C=O) groups is 1. The summed E-state index contributed by atoms with van der Waals surface area (Å²) in [4.78, 5) is 17.2. The fourth-order valence-electron chi connectivity index (χ4n) is 1.86. The molecule has 2 heterocycles. The van der Waals surface area contributed by atoms with Gasteiger partial charge in [-0.25, -0.2) is 4.98 Å². The molecule has 0 aliphatic carbocycles. The highest BCUT2D eigenvalue weighted by molar-refractivity contribution is 7.22. The molecule has 1 amide bonds. The number of nitrogens with zero attached hydrogens (tertiary/aromatic N) is 3. The second-order valence-corrected chi connectivity index (χ2v) is 6.02. The number of aryl methyl sites for hydroxylation is 1. The SMILES string of the molecule is CCCc1nnsc1C(=O)Nc1nc2ccccc2s1. The number of rotatable bonds is 4. The van der Waals surface area contributed by atoms with Crippen LogP contribution in [0.2, 0.25) is 0 Å². The average molecular weight is 304 g/mol. The molecule has 0 unspecified atom stereocenters. The van der Waals surface area contributed by atoms with Gasteiger partial charge < -0.3 is 0 Å². The zero-order valence-corrected chi connectivity index (χ0v) is 12.4. The molecule has 0 aliphatic heterocycles. The van der Waals surface area contributed by atoms with E-state index in [9.17, 15) is 4.79 Å². The van der Waals surface area contributed by atoms with Crippen molar-refractivity contribution in [2.75, 3.05) is 5.32 Å². The van der Waals surface area contributed by atoms with Crippen LogP contribution in [0.15, 0.2) is 24.3 Å². The number of thiazole rings is 1. The molecule has 0 radical (unpaired) electrons. The number of nitrogens with one attached hydrogen (secondary N) is 1. The smallest absolute Gasteiger partial charge is 0.271 e. The van der Waals surface area contributed by atoms with E-state index in [0.717, 1.165) is 40.3 Å². The number of hydrogen-bond acceptors (Lipinski definition) is 6. The van der Waals surface area contributed by atoms with Crippen LogP contribution in [0, 0.1) is 0 Å². The third kappa shape index (κ3) is 2.54. The molecule has 3 aromatic rings. The molecule has 1 aromatic carbocycles. The molecule has 0 saturated carbocycles. The highest BCUT2D eigenvalue weighted by atomic mass is 32.1. The summed E-state index contributed by atoms with van der Waals surface area (Å²) in [5.74, 6) is -0.178. The molecular weight excluding hydrogens is 292 g/mol. The molecule has 0 saturated heterocycles. The fourth-order valence-corrected chi connectivity index (χ4v) is 3.33. The monoisotopic (exact) mass is 304 g/mol. The Labute approximate surface area is 123 Å². The number of amides is 1. The third-order valence-electron chi connectivity index (χ3n) is 2.76. The second-order valence-electron chi connectivity index (χ2n) is 4.24. The van der Waals surface area contributed by atoms with Gasteiger partial charge in [-0.05, 0) is 30.1 Å². The highest BCUT2D eigenvalue weighted by Gasteiger charge is 2.17. The van der Waals surface area contributed by atoms with Gasteiger partial charge in [0.1, 0.15) is 4.88 Å². The van der Waals surface area contributed by atoms with Crippen molar-refractivity contribution in [1.29, 1.82) is 0 Å². The van der Waals surface area contributed by atoms with Crippen molar-refractivity contribution < 1.29 is 4.79 Å². The van der Waals surface area contributed by atoms with Gasteiger partial charge in [0, 0.05) is 0 Å². The molecule has 0 bridgehead atoms. The van der Waals surface area contributed by atoms with Gasteiger partial charge >= 0.3 is 0 Å². The Morgan fingerprint density at radius 3 is 3.00 bits per heavy atom. The third-order valence-corrected chi connectivity index (χ3v) is 4.48. The zero-order valence-electron chi connectivity index (χ0n) is 10.8. The largest absolute Gasteiger partial charge is 0.297 e. The molecule has 1 N–H and O–H groups in total. The van der Waals surface area contributed by atoms with E-state index >= 15 is 0 Å². The molecule has 2 aromatic heterocycles. The van der Waals surface area contributed by atoms with E-state index in [2.05, 4.69) is 26.8 Å². The first-order chi connectivity index (χ1) is 9.78. The Morgan fingerprint density at radius 2 is 2.20 bits per heavy atom. The van der Waals surface area contributed by atoms with E-state index in [-0.39, 0.29) is 5.91 Å². The summed E-state index contributed by atoms with van der Waals surface area (Å²) in [5, 5.41) is 7.44. The van der Waals surface area contributed by atoms with Crippen LogP contribution in [0.5, 0.6) is 0 Å². The summed E-state index contributed by atoms with van der Waals surface area (Å²) in [6.45, 7) is 2.05. The number of carbonyl (C=O) groups excluding carboxylic acids is 1. The lowest BCUT2D eigenvalue weighted by Gasteiger charge is -1.99. The van der Waals surface area contributed by atoms with Gasteiger partial charge in [0.15, 0.2) is 5.13 Å². The molecule has 5 nitrogen and oxygen atoms in total. The average Bonchev–Trinajstić information content (AvgIpc) is 3.04. The van der Waals surface area contributed by atoms with Crippen molar-refractivity contribution in [2.45, 2.75) is 19.8 Å². The molecule has 3 rings (SSSR count). The zero-order chi connectivity index (χ0) is 13.9. The molecule has 7 heteroatoms. The van der Waals surface area contributed by atoms with Crippen LogP contribution in [-0.2, 0) is 6.42 Å². The van der Waals surface area contributed by atoms with E-state index in [4.69, 9.17) is 0 Å². The summed E-state index contributed by atoms with van der Waals surface area (Å²) in [6, 6.07) is 7.80. The summed E-state index contributed by atoms with van der Waals surface area (Å²) >= 11 is 2.59. The minimum Gasteiger partial charge on any atom is -0.297 e. The summed E-state index contributed by atoms with van der Waals surface area (Å²) in [5.41, 5.74) is 1.65. The molecule has 0 fully saturated rings. The van der Waals surface area contributed by atoms with Crippen molar-refractivity contribution in [1.82, 2.24) is 14.6 Å². The Kier molecular flexibility index (Phi) is 3.70. The predicted octanol–water partition coefficient (Wildman–Crippen LogP) is 3.35. The van der Waals surface area contributed by atoms with Gasteiger partial charge in [-0.15, -0.1) is 5.10 Å². The van der Waals surface area contributed by atoms with E-state index in [1.165, 1.54) is 11.3 Å². The van der Waals surface area contributed by atoms with Crippen molar-refractivity contribution in [3.63, 3.8) is 0 Å². The van der Waals surface area contributed by atoms with Crippen LogP contribution in [0.1, 0.15) is 28.7 Å². The molecule has 102 valence electrons. The molecule has 20 heavy (non-hydrogen) atoms. The van der Waals surface area contributed by atoms with Crippen LogP contribution in [0.4, 0.5) is 5.13 Å². The maximum atomic E-state index is 12.2. The van der Waals surface area contributed by atoms with Gasteiger partial charge in [0.2, 0.25) is 0 Å². The minimum atomic E-state index is -0.178. The van der Waals surface area contributed by atoms with Gasteiger partial charge in [0.05, 0.1) is 15.9 Å². The van der Waals surface area contributed by atoms with Gasteiger partial charge in [-0.3, -0.25) is 10.1 Å². The Bertz CT molecular complexity index is 717. The molecule has 0 aliphatic rings. The molecule has 0 spiro atoms. The summed E-state index contributed by atoms with van der Waals surface area (Å²) < 4.78 is 4.91. The second kappa shape index (κ2) is 5.64. The summed E-state index contributed by atoms with van der Waals surface area (Å²) in [6.07, 6.45) is 1.70. The first-order valence-electron chi connectivity index (χ1n) is 6.26. The van der Waals surface area contributed by atoms with Crippen LogP contribution in [0.3, 0.4) is 0 Å². The number of anilines is 1. The van der Waals surface area contributed by atoms with Gasteiger partial charge in [0.25, 0.3) is 5.91 Å². The Hall–Kier alpha value is -1.86. The first-order valence-corrected chi connectivity index (χ1v) is 7.85. The highest BCUT2D eigenvalue weighted by Crippen LogP contribution is 2.26. The maximum Gasteiger partial charge on any atom is 0.271 e. The standard InChI is InChI=1S/C13H12N4OS2/c1-2-5-9-11(20-17-16-9)12(18)15-13-14-8-6-3-4-7-10(8)19-13/h3-4,6-7H,2,5H2,1H3,(H,14,15,18). The normalized spacial score (nSPS) is 10.8. The molecule has 0 atom stereocenters. The van der Waals surface area contributed by atoms with E-state index < -0.39 is 0 Å². The number of benzene rings is 1. The van der Waals surface area contributed by atoms with Crippen molar-refractivity contribution in [3.05, 3.63) is 34.8 Å². The Morgan fingerprint density at radius 1 is 1.35 bits per heavy atom. The van der Waals surface area contributed by atoms with Crippen molar-refractivity contribution >= 4 is 44.1 Å². The first kappa shape index (κ1) is 13.1. The number of para-hydroxylation sites is 1. The lowest BCUT2D eigenvalue weighted by Crippen LogP contribution is -2.12. The predicted molar refractivity (Wildman–Crippen MR) is 81.5 cm³/mol. The van der Waals surface area contributed by atoms with Gasteiger partial charge in [-0.1, -0.05) is 41.3 Å². The minimum absolute atomic E-state index is 0.178. The van der Waals surface area contributed by atoms with Crippen LogP contribution < -0.4 is 5.32 Å². The summed E-state index contributed by atoms with van der Waals surface area (Å²) in [7, 11) is 0.